The van der Waals surface area contributed by atoms with Crippen molar-refractivity contribution in [3.8, 4) is 0 Å². The Hall–Kier alpha value is -1.14. The lowest BCUT2D eigenvalue weighted by molar-refractivity contribution is -0.184. The van der Waals surface area contributed by atoms with E-state index in [1.165, 1.54) is 0 Å². The molecule has 3 fully saturated rings. The van der Waals surface area contributed by atoms with Gasteiger partial charge in [-0.1, -0.05) is 48.0 Å². The molecule has 2 aliphatic carbocycles. The van der Waals surface area contributed by atoms with Crippen molar-refractivity contribution in [1.82, 2.24) is 0 Å². The first-order valence-electron chi connectivity index (χ1n) is 11.6. The number of hydrogen-bond acceptors (Lipinski definition) is 6. The first-order valence-corrected chi connectivity index (χ1v) is 11.6. The summed E-state index contributed by atoms with van der Waals surface area (Å²) in [5, 5.41) is 10.7. The van der Waals surface area contributed by atoms with E-state index >= 15 is 0 Å². The van der Waals surface area contributed by atoms with Gasteiger partial charge in [-0.05, 0) is 43.9 Å². The molecule has 7 unspecified atom stereocenters. The third-order valence-electron chi connectivity index (χ3n) is 7.72. The zero-order valence-electron chi connectivity index (χ0n) is 19.7. The molecule has 0 spiro atoms. The van der Waals surface area contributed by atoms with Crippen LogP contribution >= 0.6 is 0 Å². The number of fused-ring (bicyclic) bond motifs is 1. The number of aliphatic hydroxyl groups is 1. The molecule has 30 heavy (non-hydrogen) atoms. The molecule has 1 aliphatic heterocycles. The second-order valence-electron chi connectivity index (χ2n) is 11.5. The number of carbonyl (C=O) groups excluding carboxylic acids is 2. The summed E-state index contributed by atoms with van der Waals surface area (Å²) < 4.78 is 17.4. The van der Waals surface area contributed by atoms with E-state index in [4.69, 9.17) is 14.2 Å². The molecule has 0 aromatic carbocycles. The quantitative estimate of drug-likeness (QED) is 0.467. The van der Waals surface area contributed by atoms with Gasteiger partial charge >= 0.3 is 11.9 Å². The lowest BCUT2D eigenvalue weighted by atomic mass is 9.68. The predicted molar refractivity (Wildman–Crippen MR) is 112 cm³/mol. The minimum absolute atomic E-state index is 0.00975. The highest BCUT2D eigenvalue weighted by Gasteiger charge is 2.74. The van der Waals surface area contributed by atoms with Crippen LogP contribution in [0.4, 0.5) is 0 Å². The Kier molecular flexibility index (Phi) is 6.34. The van der Waals surface area contributed by atoms with Crippen LogP contribution in [0.3, 0.4) is 0 Å². The van der Waals surface area contributed by atoms with Crippen molar-refractivity contribution >= 4 is 11.9 Å². The van der Waals surface area contributed by atoms with Gasteiger partial charge in [-0.3, -0.25) is 9.59 Å². The zero-order valence-corrected chi connectivity index (χ0v) is 19.7. The molecule has 1 heterocycles. The summed E-state index contributed by atoms with van der Waals surface area (Å²) in [5.74, 6) is -0.567. The summed E-state index contributed by atoms with van der Waals surface area (Å²) in [5.41, 5.74) is -1.61. The van der Waals surface area contributed by atoms with E-state index in [2.05, 4.69) is 34.6 Å². The standard InChI is InChI=1S/C24H40O6/c1-8-9-10-28-20(26)24-12-15-11-16(24)18(30-21(24)27)17(15)29-19(25)23(7,14(2)3)13-22(4,5)6/h14-18,21,27H,8-13H2,1-7H3. The molecule has 6 heteroatoms. The van der Waals surface area contributed by atoms with Crippen LogP contribution < -0.4 is 0 Å². The van der Waals surface area contributed by atoms with Crippen molar-refractivity contribution in [3.05, 3.63) is 0 Å². The molecule has 0 aromatic rings. The van der Waals surface area contributed by atoms with Crippen molar-refractivity contribution < 1.29 is 28.9 Å². The van der Waals surface area contributed by atoms with Crippen LogP contribution in [-0.2, 0) is 23.8 Å². The van der Waals surface area contributed by atoms with Crippen molar-refractivity contribution in [2.24, 2.45) is 34.0 Å². The average molecular weight is 425 g/mol. The highest BCUT2D eigenvalue weighted by atomic mass is 16.6. The summed E-state index contributed by atoms with van der Waals surface area (Å²) in [6.45, 7) is 14.9. The second-order valence-corrected chi connectivity index (χ2v) is 11.5. The Labute approximate surface area is 181 Å². The number of hydrogen-bond donors (Lipinski definition) is 1. The smallest absolute Gasteiger partial charge is 0.317 e. The topological polar surface area (TPSA) is 82.1 Å². The highest BCUT2D eigenvalue weighted by Crippen LogP contribution is 2.64. The lowest BCUT2D eigenvalue weighted by Crippen LogP contribution is -2.48. The maximum Gasteiger partial charge on any atom is 0.317 e. The molecular formula is C24H40O6. The van der Waals surface area contributed by atoms with E-state index in [0.717, 1.165) is 25.7 Å². The maximum atomic E-state index is 13.3. The Morgan fingerprint density at radius 3 is 2.47 bits per heavy atom. The molecule has 2 bridgehead atoms. The van der Waals surface area contributed by atoms with E-state index < -0.39 is 29.3 Å². The number of esters is 2. The van der Waals surface area contributed by atoms with Crippen LogP contribution in [0, 0.1) is 34.0 Å². The van der Waals surface area contributed by atoms with Gasteiger partial charge < -0.3 is 19.3 Å². The van der Waals surface area contributed by atoms with Gasteiger partial charge in [0.05, 0.1) is 12.0 Å². The fourth-order valence-corrected chi connectivity index (χ4v) is 5.92. The third kappa shape index (κ3) is 3.79. The Balaban J connectivity index is 1.73. The van der Waals surface area contributed by atoms with Gasteiger partial charge in [0.15, 0.2) is 6.29 Å². The van der Waals surface area contributed by atoms with Crippen molar-refractivity contribution in [1.29, 1.82) is 0 Å². The molecule has 0 radical (unpaired) electrons. The number of unbranched alkanes of at least 4 members (excludes halogenated alkanes) is 1. The minimum Gasteiger partial charge on any atom is -0.465 e. The molecule has 0 aromatic heterocycles. The molecule has 6 nitrogen and oxygen atoms in total. The number of carbonyl (C=O) groups is 2. The normalized spacial score (nSPS) is 36.8. The van der Waals surface area contributed by atoms with Crippen LogP contribution in [-0.4, -0.2) is 42.1 Å². The summed E-state index contributed by atoms with van der Waals surface area (Å²) >= 11 is 0. The van der Waals surface area contributed by atoms with Gasteiger partial charge in [0, 0.05) is 11.8 Å². The summed E-state index contributed by atoms with van der Waals surface area (Å²) in [6.07, 6.45) is 1.60. The molecule has 1 saturated heterocycles. The number of ether oxygens (including phenoxy) is 3. The Morgan fingerprint density at radius 1 is 1.23 bits per heavy atom. The molecule has 2 saturated carbocycles. The van der Waals surface area contributed by atoms with Crippen LogP contribution in [0.2, 0.25) is 0 Å². The van der Waals surface area contributed by atoms with Crippen LogP contribution in [0.25, 0.3) is 0 Å². The highest BCUT2D eigenvalue weighted by molar-refractivity contribution is 5.80. The Bertz CT molecular complexity index is 667. The van der Waals surface area contributed by atoms with E-state index in [9.17, 15) is 14.7 Å². The first kappa shape index (κ1) is 23.5. The summed E-state index contributed by atoms with van der Waals surface area (Å²) in [4.78, 5) is 26.2. The maximum absolute atomic E-state index is 13.3. The molecule has 3 aliphatic rings. The molecule has 7 atom stereocenters. The van der Waals surface area contributed by atoms with E-state index in [1.54, 1.807) is 0 Å². The third-order valence-corrected chi connectivity index (χ3v) is 7.72. The number of aliphatic hydroxyl groups excluding tert-OH is 1. The second kappa shape index (κ2) is 8.09. The molecule has 172 valence electrons. The summed E-state index contributed by atoms with van der Waals surface area (Å²) in [7, 11) is 0. The first-order chi connectivity index (χ1) is 13.9. The molecular weight excluding hydrogens is 384 g/mol. The predicted octanol–water partition coefficient (Wildman–Crippen LogP) is 4.08. The number of rotatable bonds is 8. The molecule has 1 N–H and O–H groups in total. The Morgan fingerprint density at radius 2 is 1.90 bits per heavy atom. The minimum atomic E-state index is -1.19. The van der Waals surface area contributed by atoms with Crippen molar-refractivity contribution in [3.63, 3.8) is 0 Å². The van der Waals surface area contributed by atoms with Gasteiger partial charge in [0.1, 0.15) is 17.6 Å². The van der Waals surface area contributed by atoms with E-state index in [-0.39, 0.29) is 35.1 Å². The average Bonchev–Trinajstić information content (AvgIpc) is 3.22. The monoisotopic (exact) mass is 424 g/mol. The van der Waals surface area contributed by atoms with Crippen LogP contribution in [0.15, 0.2) is 0 Å². The fourth-order valence-electron chi connectivity index (χ4n) is 5.92. The zero-order chi connectivity index (χ0) is 22.5. The molecule has 0 amide bonds. The summed E-state index contributed by atoms with van der Waals surface area (Å²) in [6, 6.07) is 0. The SMILES string of the molecule is CCCCOC(=O)C12CC3CC1C(OC2O)C3OC(=O)C(C)(CC(C)(C)C)C(C)C. The van der Waals surface area contributed by atoms with E-state index in [1.807, 2.05) is 13.8 Å². The molecule has 3 rings (SSSR count). The van der Waals surface area contributed by atoms with Gasteiger partial charge in [-0.2, -0.15) is 0 Å². The van der Waals surface area contributed by atoms with Crippen molar-refractivity contribution in [2.75, 3.05) is 6.61 Å². The van der Waals surface area contributed by atoms with E-state index in [0.29, 0.717) is 13.0 Å². The van der Waals surface area contributed by atoms with Gasteiger partial charge in [0.2, 0.25) is 0 Å². The van der Waals surface area contributed by atoms with Gasteiger partial charge in [0.25, 0.3) is 0 Å². The fraction of sp³-hybridized carbons (Fsp3) is 0.917. The van der Waals surface area contributed by atoms with Gasteiger partial charge in [-0.25, -0.2) is 0 Å². The lowest BCUT2D eigenvalue weighted by Gasteiger charge is -2.39. The van der Waals surface area contributed by atoms with Crippen LogP contribution in [0.1, 0.15) is 80.6 Å². The van der Waals surface area contributed by atoms with Crippen molar-refractivity contribution in [2.45, 2.75) is 99.1 Å². The van der Waals surface area contributed by atoms with Crippen LogP contribution in [0.5, 0.6) is 0 Å². The largest absolute Gasteiger partial charge is 0.465 e. The van der Waals surface area contributed by atoms with Gasteiger partial charge in [-0.15, -0.1) is 0 Å².